The van der Waals surface area contributed by atoms with Gasteiger partial charge in [0.15, 0.2) is 5.96 Å². The van der Waals surface area contributed by atoms with Gasteiger partial charge in [0.25, 0.3) is 0 Å². The first-order valence-electron chi connectivity index (χ1n) is 12.4. The smallest absolute Gasteiger partial charge is 0.353 e. The van der Waals surface area contributed by atoms with Gasteiger partial charge in [-0.05, 0) is 19.8 Å². The standard InChI is InChI=1S/C23H35N7O6S/c1-10-17-16(11(2)31)21(34)30(17)18(22(35)36)19(10)37-13-6-14(26-7-13)20(33)29-5-4-12(9-29)28(3)15(32)8-27-23(24)25/h10-14,16-17,26,31H,4-9H2,1-3H3,(H,35,36)(H4,24,25,27)/t10?,11?,12?,13?,14?,16?,17-/m0/s1. The minimum absolute atomic E-state index is 0.00464. The number of nitrogens with one attached hydrogen (secondary N) is 1. The van der Waals surface area contributed by atoms with E-state index in [-0.39, 0.29) is 59.2 Å². The number of likely N-dealkylation sites (N-methyl/N-ethyl adjacent to an activating group) is 1. The first-order valence-corrected chi connectivity index (χ1v) is 13.3. The van der Waals surface area contributed by atoms with E-state index in [0.29, 0.717) is 37.4 Å². The van der Waals surface area contributed by atoms with E-state index in [1.54, 1.807) is 23.8 Å². The second kappa shape index (κ2) is 10.5. The van der Waals surface area contributed by atoms with Gasteiger partial charge in [-0.3, -0.25) is 14.4 Å². The van der Waals surface area contributed by atoms with Crippen LogP contribution in [0.1, 0.15) is 26.7 Å². The van der Waals surface area contributed by atoms with Crippen LogP contribution in [0, 0.1) is 11.8 Å². The minimum atomic E-state index is -1.16. The number of guanidine groups is 1. The molecule has 0 aromatic rings. The molecule has 13 nitrogen and oxygen atoms in total. The van der Waals surface area contributed by atoms with E-state index in [1.807, 2.05) is 6.92 Å². The summed E-state index contributed by atoms with van der Waals surface area (Å²) < 4.78 is 0. The largest absolute Gasteiger partial charge is 0.477 e. The molecule has 4 heterocycles. The molecule has 0 aliphatic carbocycles. The third-order valence-electron chi connectivity index (χ3n) is 7.81. The van der Waals surface area contributed by atoms with Gasteiger partial charge in [-0.25, -0.2) is 9.79 Å². The average molecular weight is 538 g/mol. The molecular weight excluding hydrogens is 502 g/mol. The summed E-state index contributed by atoms with van der Waals surface area (Å²) in [6.45, 7) is 4.78. The van der Waals surface area contributed by atoms with Crippen LogP contribution in [0.3, 0.4) is 0 Å². The van der Waals surface area contributed by atoms with Gasteiger partial charge in [0.2, 0.25) is 17.7 Å². The molecule has 4 rings (SSSR count). The highest BCUT2D eigenvalue weighted by atomic mass is 32.2. The number of fused-ring (bicyclic) bond motifs is 1. The van der Waals surface area contributed by atoms with Crippen molar-refractivity contribution in [2.24, 2.45) is 28.3 Å². The molecule has 3 saturated heterocycles. The van der Waals surface area contributed by atoms with E-state index in [1.165, 1.54) is 16.7 Å². The molecule has 6 unspecified atom stereocenters. The Balaban J connectivity index is 1.35. The third-order valence-corrected chi connectivity index (χ3v) is 9.32. The molecule has 0 aromatic heterocycles. The zero-order chi connectivity index (χ0) is 27.2. The zero-order valence-corrected chi connectivity index (χ0v) is 22.0. The molecule has 0 radical (unpaired) electrons. The molecule has 7 atom stereocenters. The number of aliphatic imine (C=N–C) groups is 1. The van der Waals surface area contributed by atoms with Crippen LogP contribution in [0.4, 0.5) is 0 Å². The highest BCUT2D eigenvalue weighted by Gasteiger charge is 2.60. The van der Waals surface area contributed by atoms with E-state index >= 15 is 0 Å². The third kappa shape index (κ3) is 5.01. The highest BCUT2D eigenvalue weighted by Crippen LogP contribution is 2.51. The fraction of sp³-hybridized carbons (Fsp3) is 0.696. The van der Waals surface area contributed by atoms with Crippen molar-refractivity contribution in [1.82, 2.24) is 20.0 Å². The lowest BCUT2D eigenvalue weighted by Crippen LogP contribution is -2.63. The lowest BCUT2D eigenvalue weighted by atomic mass is 9.79. The topological polar surface area (TPSA) is 195 Å². The normalized spacial score (nSPS) is 31.7. The molecule has 4 aliphatic heterocycles. The lowest BCUT2D eigenvalue weighted by molar-refractivity contribution is -0.163. The Morgan fingerprint density at radius 3 is 2.65 bits per heavy atom. The van der Waals surface area contributed by atoms with Crippen molar-refractivity contribution in [3.63, 3.8) is 0 Å². The Kier molecular flexibility index (Phi) is 7.72. The number of nitrogens with zero attached hydrogens (tertiary/aromatic N) is 4. The quantitative estimate of drug-likeness (QED) is 0.130. The van der Waals surface area contributed by atoms with Crippen molar-refractivity contribution >= 4 is 41.4 Å². The van der Waals surface area contributed by atoms with Gasteiger partial charge in [0, 0.05) is 42.8 Å². The summed E-state index contributed by atoms with van der Waals surface area (Å²) in [5.41, 5.74) is 10.6. The van der Waals surface area contributed by atoms with Crippen LogP contribution in [0.2, 0.25) is 0 Å². The molecule has 0 saturated carbocycles. The number of carboxylic acids is 1. The van der Waals surface area contributed by atoms with Crippen LogP contribution in [0.15, 0.2) is 15.6 Å². The van der Waals surface area contributed by atoms with Gasteiger partial charge in [0.1, 0.15) is 12.2 Å². The van der Waals surface area contributed by atoms with Crippen LogP contribution in [0.5, 0.6) is 0 Å². The number of rotatable bonds is 8. The summed E-state index contributed by atoms with van der Waals surface area (Å²) in [5.74, 6) is -2.76. The molecule has 3 amide bonds. The first-order chi connectivity index (χ1) is 17.4. The number of thioether (sulfide) groups is 1. The Bertz CT molecular complexity index is 1040. The lowest BCUT2D eigenvalue weighted by Gasteiger charge is -2.46. The van der Waals surface area contributed by atoms with Crippen molar-refractivity contribution < 1.29 is 29.4 Å². The highest BCUT2D eigenvalue weighted by molar-refractivity contribution is 8.03. The molecule has 4 aliphatic rings. The van der Waals surface area contributed by atoms with Gasteiger partial charge in [-0.1, -0.05) is 6.92 Å². The molecule has 0 aromatic carbocycles. The van der Waals surface area contributed by atoms with Crippen LogP contribution >= 0.6 is 11.8 Å². The molecule has 7 N–H and O–H groups in total. The number of aliphatic hydroxyl groups is 1. The number of amides is 3. The maximum atomic E-state index is 13.2. The summed E-state index contributed by atoms with van der Waals surface area (Å²) in [4.78, 5) is 59.1. The number of nitrogens with two attached hydrogens (primary N) is 2. The van der Waals surface area contributed by atoms with Crippen LogP contribution < -0.4 is 16.8 Å². The molecular formula is C23H35N7O6S. The number of aliphatic carboxylic acids is 1. The van der Waals surface area contributed by atoms with Gasteiger partial charge in [-0.15, -0.1) is 11.8 Å². The summed E-state index contributed by atoms with van der Waals surface area (Å²) >= 11 is 1.41. The van der Waals surface area contributed by atoms with E-state index in [2.05, 4.69) is 10.3 Å². The van der Waals surface area contributed by atoms with Gasteiger partial charge >= 0.3 is 5.97 Å². The number of β-lactam (4-membered cyclic amide) rings is 1. The van der Waals surface area contributed by atoms with E-state index in [4.69, 9.17) is 11.5 Å². The van der Waals surface area contributed by atoms with Crippen LogP contribution in [0.25, 0.3) is 0 Å². The van der Waals surface area contributed by atoms with Crippen molar-refractivity contribution in [2.45, 2.75) is 56.2 Å². The second-order valence-electron chi connectivity index (χ2n) is 10.2. The van der Waals surface area contributed by atoms with Crippen LogP contribution in [-0.2, 0) is 19.2 Å². The van der Waals surface area contributed by atoms with Gasteiger partial charge < -0.3 is 41.7 Å². The number of likely N-dealkylation sites (tertiary alicyclic amines) is 1. The molecule has 3 fully saturated rings. The van der Waals surface area contributed by atoms with Crippen molar-refractivity contribution in [3.05, 3.63) is 10.6 Å². The predicted molar refractivity (Wildman–Crippen MR) is 136 cm³/mol. The average Bonchev–Trinajstić information content (AvgIpc) is 3.55. The Labute approximate surface area is 219 Å². The summed E-state index contributed by atoms with van der Waals surface area (Å²) in [6, 6.07) is -0.891. The predicted octanol–water partition coefficient (Wildman–Crippen LogP) is -2.06. The Morgan fingerprint density at radius 2 is 2.03 bits per heavy atom. The molecule has 37 heavy (non-hydrogen) atoms. The molecule has 14 heteroatoms. The SMILES string of the molecule is CC(O)C1C(=O)N2C(C(=O)O)=C(SC3CNC(C(=O)N4CCC(N(C)C(=O)CN=C(N)N)C4)C3)C(C)[C@@H]12. The Morgan fingerprint density at radius 1 is 1.32 bits per heavy atom. The number of hydrogen-bond donors (Lipinski definition) is 5. The molecule has 0 spiro atoms. The van der Waals surface area contributed by atoms with Crippen molar-refractivity contribution in [3.8, 4) is 0 Å². The second-order valence-corrected chi connectivity index (χ2v) is 11.5. The maximum Gasteiger partial charge on any atom is 0.353 e. The van der Waals surface area contributed by atoms with E-state index in [9.17, 15) is 29.4 Å². The zero-order valence-electron chi connectivity index (χ0n) is 21.2. The molecule has 0 bridgehead atoms. The maximum absolute atomic E-state index is 13.2. The van der Waals surface area contributed by atoms with Crippen molar-refractivity contribution in [2.75, 3.05) is 33.2 Å². The number of carboxylic acid groups (broad SMARTS) is 1. The van der Waals surface area contributed by atoms with Crippen LogP contribution in [-0.4, -0.2) is 117 Å². The van der Waals surface area contributed by atoms with Gasteiger partial charge in [0.05, 0.1) is 30.1 Å². The Hall–Kier alpha value is -2.84. The number of carbonyl (C=O) groups excluding carboxylic acids is 3. The summed E-state index contributed by atoms with van der Waals surface area (Å²) in [6.07, 6.45) is 0.324. The number of aliphatic hydroxyl groups excluding tert-OH is 1. The summed E-state index contributed by atoms with van der Waals surface area (Å²) in [7, 11) is 1.68. The monoisotopic (exact) mass is 537 g/mol. The number of carbonyl (C=O) groups is 4. The summed E-state index contributed by atoms with van der Waals surface area (Å²) in [5, 5.41) is 23.1. The fourth-order valence-electron chi connectivity index (χ4n) is 5.79. The van der Waals surface area contributed by atoms with Gasteiger partial charge in [-0.2, -0.15) is 0 Å². The minimum Gasteiger partial charge on any atom is -0.477 e. The molecule has 204 valence electrons. The van der Waals surface area contributed by atoms with Crippen molar-refractivity contribution in [1.29, 1.82) is 0 Å². The van der Waals surface area contributed by atoms with E-state index < -0.39 is 24.0 Å². The fourth-order valence-corrected chi connectivity index (χ4v) is 7.27. The first kappa shape index (κ1) is 27.2. The van der Waals surface area contributed by atoms with E-state index in [0.717, 1.165) is 0 Å². The number of hydrogen-bond acceptors (Lipinski definition) is 8.